The lowest BCUT2D eigenvalue weighted by Crippen LogP contribution is -2.47. The molecule has 3 aromatic rings. The Balaban J connectivity index is 1.35. The monoisotopic (exact) mass is 520 g/mol. The smallest absolute Gasteiger partial charge is 0.261 e. The second-order valence-corrected chi connectivity index (χ2v) is 12.8. The average Bonchev–Trinajstić information content (AvgIpc) is 3.59. The van der Waals surface area contributed by atoms with Gasteiger partial charge in [-0.25, -0.2) is 8.42 Å². The Hall–Kier alpha value is -3.16. The standard InChI is InChI=1S/C27H32N6O3S/c1-27(12-3-2-4-13-27)32-17-19-16-20(9-10-23(19)37(32,35)36)30-25-24-22(11-15-29-26(24)34)33(31-25)21(6-5-14-28)18-7-8-18/h9-11,15-16,18,21H,2-8,12-13,17H2,1H3,(H,29,34)(H,30,31). The van der Waals surface area contributed by atoms with E-state index in [4.69, 9.17) is 10.4 Å². The predicted octanol–water partition coefficient (Wildman–Crippen LogP) is 4.95. The van der Waals surface area contributed by atoms with Crippen molar-refractivity contribution in [2.24, 2.45) is 5.92 Å². The number of sulfonamides is 1. The van der Waals surface area contributed by atoms with Gasteiger partial charge in [-0.05, 0) is 74.8 Å². The van der Waals surface area contributed by atoms with Crippen LogP contribution in [0.15, 0.2) is 40.2 Å². The van der Waals surface area contributed by atoms with Crippen molar-refractivity contribution >= 4 is 32.4 Å². The molecule has 0 bridgehead atoms. The van der Waals surface area contributed by atoms with E-state index in [1.807, 2.05) is 16.8 Å². The number of nitriles is 1. The fourth-order valence-corrected chi connectivity index (χ4v) is 8.27. The first-order valence-corrected chi connectivity index (χ1v) is 14.7. The fraction of sp³-hybridized carbons (Fsp3) is 0.519. The minimum atomic E-state index is -3.55. The van der Waals surface area contributed by atoms with Gasteiger partial charge in [0.05, 0.1) is 22.5 Å². The number of fused-ring (bicyclic) bond motifs is 2. The average molecular weight is 521 g/mol. The van der Waals surface area contributed by atoms with E-state index in [9.17, 15) is 13.2 Å². The molecule has 2 N–H and O–H groups in total. The zero-order valence-corrected chi connectivity index (χ0v) is 21.9. The first kappa shape index (κ1) is 24.2. The molecule has 0 spiro atoms. The van der Waals surface area contributed by atoms with Crippen LogP contribution in [0.4, 0.5) is 11.5 Å². The maximum absolute atomic E-state index is 13.4. The number of nitrogens with zero attached hydrogens (tertiary/aromatic N) is 4. The van der Waals surface area contributed by atoms with E-state index in [1.165, 1.54) is 0 Å². The molecule has 194 valence electrons. The number of nitrogens with one attached hydrogen (secondary N) is 2. The van der Waals surface area contributed by atoms with Crippen molar-refractivity contribution in [1.29, 1.82) is 5.26 Å². The van der Waals surface area contributed by atoms with Crippen LogP contribution in [-0.4, -0.2) is 33.0 Å². The summed E-state index contributed by atoms with van der Waals surface area (Å²) in [5.74, 6) is 0.900. The second-order valence-electron chi connectivity index (χ2n) is 11.0. The Morgan fingerprint density at radius 1 is 1.24 bits per heavy atom. The third-order valence-corrected chi connectivity index (χ3v) is 10.5. The highest BCUT2D eigenvalue weighted by Gasteiger charge is 2.46. The molecule has 1 atom stereocenters. The first-order valence-electron chi connectivity index (χ1n) is 13.2. The molecule has 2 saturated carbocycles. The van der Waals surface area contributed by atoms with Gasteiger partial charge in [-0.3, -0.25) is 9.48 Å². The van der Waals surface area contributed by atoms with Crippen LogP contribution >= 0.6 is 0 Å². The molecule has 6 rings (SSSR count). The minimum Gasteiger partial charge on any atom is -0.338 e. The van der Waals surface area contributed by atoms with Crippen molar-refractivity contribution in [2.75, 3.05) is 5.32 Å². The van der Waals surface area contributed by atoms with E-state index < -0.39 is 10.0 Å². The molecule has 9 nitrogen and oxygen atoms in total. The zero-order chi connectivity index (χ0) is 25.8. The van der Waals surface area contributed by atoms with Crippen molar-refractivity contribution in [1.82, 2.24) is 19.1 Å². The molecule has 10 heteroatoms. The van der Waals surface area contributed by atoms with Crippen LogP contribution in [0, 0.1) is 17.2 Å². The molecule has 1 aromatic carbocycles. The number of aromatic nitrogens is 3. The summed E-state index contributed by atoms with van der Waals surface area (Å²) in [4.78, 5) is 16.0. The highest BCUT2D eigenvalue weighted by molar-refractivity contribution is 7.89. The molecule has 2 fully saturated rings. The number of H-pyrrole nitrogens is 1. The van der Waals surface area contributed by atoms with Gasteiger partial charge in [0.15, 0.2) is 5.82 Å². The molecule has 2 aromatic heterocycles. The number of aromatic amines is 1. The Morgan fingerprint density at radius 2 is 2.03 bits per heavy atom. The number of pyridine rings is 1. The van der Waals surface area contributed by atoms with E-state index in [2.05, 4.69) is 23.3 Å². The molecular formula is C27H32N6O3S. The van der Waals surface area contributed by atoms with E-state index in [0.717, 1.165) is 56.0 Å². The number of anilines is 2. The highest BCUT2D eigenvalue weighted by atomic mass is 32.2. The number of hydrogen-bond donors (Lipinski definition) is 2. The normalized spacial score (nSPS) is 21.4. The topological polar surface area (TPSA) is 124 Å². The quantitative estimate of drug-likeness (QED) is 0.454. The van der Waals surface area contributed by atoms with Crippen LogP contribution in [0.25, 0.3) is 10.9 Å². The Labute approximate surface area is 216 Å². The highest BCUT2D eigenvalue weighted by Crippen LogP contribution is 2.45. The van der Waals surface area contributed by atoms with Gasteiger partial charge >= 0.3 is 0 Å². The Kier molecular flexibility index (Phi) is 5.88. The summed E-state index contributed by atoms with van der Waals surface area (Å²) in [6.07, 6.45) is 9.95. The predicted molar refractivity (Wildman–Crippen MR) is 141 cm³/mol. The molecule has 2 aliphatic carbocycles. The van der Waals surface area contributed by atoms with E-state index >= 15 is 0 Å². The Bertz CT molecular complexity index is 1560. The van der Waals surface area contributed by atoms with Crippen LogP contribution in [0.2, 0.25) is 0 Å². The summed E-state index contributed by atoms with van der Waals surface area (Å²) < 4.78 is 30.5. The molecule has 0 amide bonds. The van der Waals surface area contributed by atoms with Gasteiger partial charge < -0.3 is 10.3 Å². The third kappa shape index (κ3) is 4.14. The molecule has 3 aliphatic rings. The van der Waals surface area contributed by atoms with Crippen molar-refractivity contribution < 1.29 is 8.42 Å². The van der Waals surface area contributed by atoms with Crippen LogP contribution in [0.3, 0.4) is 0 Å². The van der Waals surface area contributed by atoms with E-state index in [1.54, 1.807) is 22.6 Å². The summed E-state index contributed by atoms with van der Waals surface area (Å²) >= 11 is 0. The largest absolute Gasteiger partial charge is 0.338 e. The number of benzene rings is 1. The van der Waals surface area contributed by atoms with Gasteiger partial charge in [-0.2, -0.15) is 14.7 Å². The van der Waals surface area contributed by atoms with Crippen LogP contribution in [0.1, 0.15) is 76.3 Å². The SMILES string of the molecule is CC1(N2Cc3cc(Nc4nn(C(CCC#N)C5CC5)c5cc[nH]c(=O)c45)ccc3S2(=O)=O)CCCCC1. The van der Waals surface area contributed by atoms with Gasteiger partial charge in [0, 0.05) is 30.4 Å². The lowest BCUT2D eigenvalue weighted by atomic mass is 9.83. The first-order chi connectivity index (χ1) is 17.8. The van der Waals surface area contributed by atoms with Crippen molar-refractivity contribution in [3.05, 3.63) is 46.4 Å². The maximum Gasteiger partial charge on any atom is 0.261 e. The van der Waals surface area contributed by atoms with Crippen molar-refractivity contribution in [3.8, 4) is 6.07 Å². The van der Waals surface area contributed by atoms with Crippen molar-refractivity contribution in [3.63, 3.8) is 0 Å². The lowest BCUT2D eigenvalue weighted by Gasteiger charge is -2.40. The summed E-state index contributed by atoms with van der Waals surface area (Å²) in [5, 5.41) is 17.8. The van der Waals surface area contributed by atoms with E-state index in [0.29, 0.717) is 47.1 Å². The summed E-state index contributed by atoms with van der Waals surface area (Å²) in [6.45, 7) is 2.43. The molecule has 0 radical (unpaired) electrons. The molecular weight excluding hydrogens is 488 g/mol. The molecule has 3 heterocycles. The minimum absolute atomic E-state index is 0.0643. The zero-order valence-electron chi connectivity index (χ0n) is 21.0. The van der Waals surface area contributed by atoms with Crippen LogP contribution in [-0.2, 0) is 16.6 Å². The maximum atomic E-state index is 13.4. The summed E-state index contributed by atoms with van der Waals surface area (Å²) in [7, 11) is -3.55. The lowest BCUT2D eigenvalue weighted by molar-refractivity contribution is 0.148. The van der Waals surface area contributed by atoms with Crippen LogP contribution in [0.5, 0.6) is 0 Å². The molecule has 1 aliphatic heterocycles. The summed E-state index contributed by atoms with van der Waals surface area (Å²) in [5.41, 5.74) is 1.61. The second kappa shape index (κ2) is 8.99. The number of hydrogen-bond acceptors (Lipinski definition) is 6. The molecule has 0 saturated heterocycles. The molecule has 37 heavy (non-hydrogen) atoms. The van der Waals surface area contributed by atoms with Gasteiger partial charge in [0.1, 0.15) is 5.39 Å². The van der Waals surface area contributed by atoms with Crippen molar-refractivity contribution in [2.45, 2.75) is 87.7 Å². The van der Waals surface area contributed by atoms with E-state index in [-0.39, 0.29) is 17.1 Å². The number of rotatable bonds is 7. The fourth-order valence-electron chi connectivity index (χ4n) is 6.26. The van der Waals surface area contributed by atoms with Gasteiger partial charge in [-0.15, -0.1) is 0 Å². The molecule has 1 unspecified atom stereocenters. The summed E-state index contributed by atoms with van der Waals surface area (Å²) in [6, 6.07) is 9.45. The van der Waals surface area contributed by atoms with Gasteiger partial charge in [0.2, 0.25) is 10.0 Å². The van der Waals surface area contributed by atoms with Gasteiger partial charge in [-0.1, -0.05) is 19.3 Å². The van der Waals surface area contributed by atoms with Gasteiger partial charge in [0.25, 0.3) is 5.56 Å². The Morgan fingerprint density at radius 3 is 2.76 bits per heavy atom. The third-order valence-electron chi connectivity index (χ3n) is 8.40. The van der Waals surface area contributed by atoms with Crippen LogP contribution < -0.4 is 10.9 Å².